The lowest BCUT2D eigenvalue weighted by atomic mass is 9.95. The van der Waals surface area contributed by atoms with Gasteiger partial charge in [0, 0.05) is 37.4 Å². The molecule has 0 aliphatic carbocycles. The predicted octanol–water partition coefficient (Wildman–Crippen LogP) is 3.20. The van der Waals surface area contributed by atoms with Crippen molar-refractivity contribution in [3.63, 3.8) is 0 Å². The summed E-state index contributed by atoms with van der Waals surface area (Å²) in [6.07, 6.45) is 1.99. The van der Waals surface area contributed by atoms with Gasteiger partial charge < -0.3 is 9.88 Å². The largest absolute Gasteiger partial charge is 0.342 e. The van der Waals surface area contributed by atoms with Crippen LogP contribution in [-0.2, 0) is 9.59 Å². The number of nitrogens with one attached hydrogen (secondary N) is 2. The van der Waals surface area contributed by atoms with Crippen molar-refractivity contribution in [1.29, 1.82) is 0 Å². The number of hydrogen-bond donors (Lipinski definition) is 2. The molecule has 0 unspecified atom stereocenters. The van der Waals surface area contributed by atoms with E-state index in [0.29, 0.717) is 31.4 Å². The first-order valence-corrected chi connectivity index (χ1v) is 11.1. The van der Waals surface area contributed by atoms with Crippen LogP contribution < -0.4 is 4.90 Å². The molecule has 2 N–H and O–H groups in total. The van der Waals surface area contributed by atoms with Crippen molar-refractivity contribution in [3.05, 3.63) is 54.4 Å². The number of likely N-dealkylation sites (tertiary alicyclic amines) is 1. The molecule has 2 aliphatic heterocycles. The van der Waals surface area contributed by atoms with Gasteiger partial charge in [-0.3, -0.25) is 19.6 Å². The number of carbonyl (C=O) groups is 2. The van der Waals surface area contributed by atoms with Crippen molar-refractivity contribution in [2.75, 3.05) is 24.5 Å². The monoisotopic (exact) mass is 428 g/mol. The lowest BCUT2D eigenvalue weighted by molar-refractivity contribution is -0.136. The SMILES string of the molecule is O=C([C@H]1CC(=O)N(c2n[nH]c3ccccc23)C1)N1CCC(c2nc3ccccc3[nH]2)CC1. The molecule has 1 atom stereocenters. The summed E-state index contributed by atoms with van der Waals surface area (Å²) < 4.78 is 0. The quantitative estimate of drug-likeness (QED) is 0.524. The zero-order chi connectivity index (χ0) is 21.7. The second kappa shape index (κ2) is 7.47. The van der Waals surface area contributed by atoms with Crippen LogP contribution >= 0.6 is 0 Å². The second-order valence-corrected chi connectivity index (χ2v) is 8.74. The van der Waals surface area contributed by atoms with Gasteiger partial charge in [-0.25, -0.2) is 4.98 Å². The third-order valence-electron chi connectivity index (χ3n) is 6.78. The van der Waals surface area contributed by atoms with Crippen LogP contribution in [0.15, 0.2) is 48.5 Å². The van der Waals surface area contributed by atoms with Gasteiger partial charge in [0.15, 0.2) is 5.82 Å². The number of anilines is 1. The number of para-hydroxylation sites is 3. The average Bonchev–Trinajstić information content (AvgIpc) is 3.55. The molecule has 6 rings (SSSR count). The van der Waals surface area contributed by atoms with Crippen LogP contribution in [0.3, 0.4) is 0 Å². The number of aromatic amines is 2. The first kappa shape index (κ1) is 19.0. The standard InChI is InChI=1S/C24H24N6O2/c31-21-13-16(14-30(21)23-17-5-1-2-6-18(17)27-28-23)24(32)29-11-9-15(10-12-29)22-25-19-7-3-4-8-20(19)26-22/h1-8,15-16H,9-14H2,(H,25,26)(H,27,28)/t16-/m0/s1. The normalized spacial score (nSPS) is 20.0. The molecule has 2 fully saturated rings. The van der Waals surface area contributed by atoms with Gasteiger partial charge in [0.05, 0.1) is 22.5 Å². The maximum atomic E-state index is 13.2. The summed E-state index contributed by atoms with van der Waals surface area (Å²) in [6, 6.07) is 15.8. The molecule has 2 amide bonds. The van der Waals surface area contributed by atoms with Gasteiger partial charge in [0.25, 0.3) is 0 Å². The number of carbonyl (C=O) groups excluding carboxylic acids is 2. The lowest BCUT2D eigenvalue weighted by Gasteiger charge is -2.32. The molecule has 2 saturated heterocycles. The Morgan fingerprint density at radius 2 is 1.75 bits per heavy atom. The van der Waals surface area contributed by atoms with E-state index in [1.54, 1.807) is 4.90 Å². The summed E-state index contributed by atoms with van der Waals surface area (Å²) >= 11 is 0. The highest BCUT2D eigenvalue weighted by Crippen LogP contribution is 2.32. The Morgan fingerprint density at radius 3 is 2.56 bits per heavy atom. The first-order chi connectivity index (χ1) is 15.7. The molecule has 162 valence electrons. The summed E-state index contributed by atoms with van der Waals surface area (Å²) in [5.41, 5.74) is 2.92. The van der Waals surface area contributed by atoms with E-state index in [9.17, 15) is 9.59 Å². The molecule has 32 heavy (non-hydrogen) atoms. The minimum atomic E-state index is -0.319. The topological polar surface area (TPSA) is 98.0 Å². The molecular formula is C24H24N6O2. The third kappa shape index (κ3) is 3.14. The number of hydrogen-bond acceptors (Lipinski definition) is 4. The molecule has 0 spiro atoms. The predicted molar refractivity (Wildman–Crippen MR) is 121 cm³/mol. The maximum Gasteiger partial charge on any atom is 0.229 e. The number of piperidine rings is 1. The van der Waals surface area contributed by atoms with Crippen LogP contribution in [0.5, 0.6) is 0 Å². The molecule has 2 aromatic heterocycles. The Balaban J connectivity index is 1.12. The third-order valence-corrected chi connectivity index (χ3v) is 6.78. The maximum absolute atomic E-state index is 13.2. The van der Waals surface area contributed by atoms with Gasteiger partial charge in [0.1, 0.15) is 5.82 Å². The Morgan fingerprint density at radius 1 is 1.00 bits per heavy atom. The molecule has 2 aromatic carbocycles. The van der Waals surface area contributed by atoms with Crippen LogP contribution in [0.4, 0.5) is 5.82 Å². The highest BCUT2D eigenvalue weighted by atomic mass is 16.2. The fourth-order valence-corrected chi connectivity index (χ4v) is 5.03. The Hall–Kier alpha value is -3.68. The van der Waals surface area contributed by atoms with Crippen molar-refractivity contribution >= 4 is 39.6 Å². The van der Waals surface area contributed by atoms with Gasteiger partial charge in [0.2, 0.25) is 11.8 Å². The van der Waals surface area contributed by atoms with Gasteiger partial charge in [-0.15, -0.1) is 0 Å². The van der Waals surface area contributed by atoms with E-state index in [1.165, 1.54) is 0 Å². The van der Waals surface area contributed by atoms with E-state index in [-0.39, 0.29) is 24.2 Å². The molecule has 8 heteroatoms. The number of H-pyrrole nitrogens is 2. The van der Waals surface area contributed by atoms with Gasteiger partial charge in [-0.1, -0.05) is 24.3 Å². The highest BCUT2D eigenvalue weighted by molar-refractivity contribution is 6.05. The van der Waals surface area contributed by atoms with Crippen molar-refractivity contribution in [2.45, 2.75) is 25.2 Å². The van der Waals surface area contributed by atoms with Crippen molar-refractivity contribution in [1.82, 2.24) is 25.1 Å². The minimum absolute atomic E-state index is 0.0437. The molecule has 2 aliphatic rings. The summed E-state index contributed by atoms with van der Waals surface area (Å²) in [7, 11) is 0. The van der Waals surface area contributed by atoms with E-state index in [1.807, 2.05) is 53.4 Å². The Labute approximate surface area is 184 Å². The van der Waals surface area contributed by atoms with E-state index in [0.717, 1.165) is 40.6 Å². The molecule has 0 bridgehead atoms. The first-order valence-electron chi connectivity index (χ1n) is 11.1. The molecule has 4 aromatic rings. The molecule has 8 nitrogen and oxygen atoms in total. The number of fused-ring (bicyclic) bond motifs is 2. The fourth-order valence-electron chi connectivity index (χ4n) is 5.03. The van der Waals surface area contributed by atoms with Gasteiger partial charge in [-0.05, 0) is 37.1 Å². The van der Waals surface area contributed by atoms with Crippen LogP contribution in [0.1, 0.15) is 31.0 Å². The van der Waals surface area contributed by atoms with Crippen LogP contribution in [-0.4, -0.2) is 56.5 Å². The summed E-state index contributed by atoms with van der Waals surface area (Å²) in [5, 5.41) is 8.22. The summed E-state index contributed by atoms with van der Waals surface area (Å²) in [4.78, 5) is 37.7. The van der Waals surface area contributed by atoms with Gasteiger partial charge >= 0.3 is 0 Å². The van der Waals surface area contributed by atoms with Crippen molar-refractivity contribution in [3.8, 4) is 0 Å². The lowest BCUT2D eigenvalue weighted by Crippen LogP contribution is -2.42. The fraction of sp³-hybridized carbons (Fsp3) is 0.333. The van der Waals surface area contributed by atoms with Crippen LogP contribution in [0.25, 0.3) is 21.9 Å². The zero-order valence-electron chi connectivity index (χ0n) is 17.6. The van der Waals surface area contributed by atoms with Crippen LogP contribution in [0, 0.1) is 5.92 Å². The van der Waals surface area contributed by atoms with Crippen molar-refractivity contribution < 1.29 is 9.59 Å². The highest BCUT2D eigenvalue weighted by Gasteiger charge is 2.39. The van der Waals surface area contributed by atoms with E-state index >= 15 is 0 Å². The smallest absolute Gasteiger partial charge is 0.229 e. The number of imidazole rings is 1. The molecule has 0 saturated carbocycles. The average molecular weight is 428 g/mol. The van der Waals surface area contributed by atoms with E-state index in [4.69, 9.17) is 4.98 Å². The molecule has 0 radical (unpaired) electrons. The molecular weight excluding hydrogens is 404 g/mol. The zero-order valence-corrected chi connectivity index (χ0v) is 17.6. The summed E-state index contributed by atoms with van der Waals surface area (Å²) in [6.45, 7) is 1.77. The number of rotatable bonds is 3. The van der Waals surface area contributed by atoms with E-state index < -0.39 is 0 Å². The van der Waals surface area contributed by atoms with Crippen molar-refractivity contribution in [2.24, 2.45) is 5.92 Å². The number of amides is 2. The number of aromatic nitrogens is 4. The summed E-state index contributed by atoms with van der Waals surface area (Å²) in [5.74, 6) is 1.65. The van der Waals surface area contributed by atoms with Gasteiger partial charge in [-0.2, -0.15) is 5.10 Å². The Kier molecular flexibility index (Phi) is 4.45. The minimum Gasteiger partial charge on any atom is -0.342 e. The number of nitrogens with zero attached hydrogens (tertiary/aromatic N) is 4. The van der Waals surface area contributed by atoms with Crippen LogP contribution in [0.2, 0.25) is 0 Å². The number of benzene rings is 2. The van der Waals surface area contributed by atoms with E-state index in [2.05, 4.69) is 15.2 Å². The second-order valence-electron chi connectivity index (χ2n) is 8.74. The molecule has 4 heterocycles. The Bertz CT molecular complexity index is 1280.